The van der Waals surface area contributed by atoms with Gasteiger partial charge in [-0.25, -0.2) is 4.79 Å². The first kappa shape index (κ1) is 17.9. The molecule has 0 atom stereocenters. The van der Waals surface area contributed by atoms with Crippen LogP contribution in [-0.4, -0.2) is 32.9 Å². The summed E-state index contributed by atoms with van der Waals surface area (Å²) in [7, 11) is 1.64. The molecule has 0 aromatic heterocycles. The Morgan fingerprint density at radius 3 is 2.46 bits per heavy atom. The van der Waals surface area contributed by atoms with E-state index in [1.165, 1.54) is 0 Å². The second-order valence-electron chi connectivity index (χ2n) is 6.78. The molecule has 1 aliphatic rings. The maximum atomic E-state index is 12.2. The van der Waals surface area contributed by atoms with Crippen LogP contribution in [0.25, 0.3) is 0 Å². The van der Waals surface area contributed by atoms with E-state index in [-0.39, 0.29) is 11.4 Å². The number of benzene rings is 2. The van der Waals surface area contributed by atoms with E-state index in [9.17, 15) is 4.79 Å². The number of fused-ring (bicyclic) bond motifs is 1. The Hall–Kier alpha value is -2.89. The summed E-state index contributed by atoms with van der Waals surface area (Å²) < 4.78 is 16.2. The van der Waals surface area contributed by atoms with Gasteiger partial charge in [0.25, 0.3) is 0 Å². The maximum Gasteiger partial charge on any atom is 0.319 e. The summed E-state index contributed by atoms with van der Waals surface area (Å²) in [6, 6.07) is 13.0. The lowest BCUT2D eigenvalue weighted by Crippen LogP contribution is -2.39. The molecule has 26 heavy (non-hydrogen) atoms. The van der Waals surface area contributed by atoms with Crippen LogP contribution in [-0.2, 0) is 5.41 Å². The summed E-state index contributed by atoms with van der Waals surface area (Å²) in [5, 5.41) is 5.75. The second-order valence-corrected chi connectivity index (χ2v) is 6.78. The Labute approximate surface area is 153 Å². The summed E-state index contributed by atoms with van der Waals surface area (Å²) in [6.07, 6.45) is 0. The van der Waals surface area contributed by atoms with Crippen LogP contribution in [0.1, 0.15) is 19.4 Å². The molecule has 2 amide bonds. The Kier molecular flexibility index (Phi) is 5.21. The summed E-state index contributed by atoms with van der Waals surface area (Å²) in [5.41, 5.74) is 1.57. The van der Waals surface area contributed by atoms with Crippen molar-refractivity contribution in [1.82, 2.24) is 5.32 Å². The van der Waals surface area contributed by atoms with Gasteiger partial charge >= 0.3 is 6.03 Å². The summed E-state index contributed by atoms with van der Waals surface area (Å²) in [4.78, 5) is 12.2. The average Bonchev–Trinajstić information content (AvgIpc) is 2.66. The van der Waals surface area contributed by atoms with Gasteiger partial charge in [0.05, 0.1) is 7.11 Å². The standard InChI is InChI=1S/C20H24N2O4/c1-20(2,14-4-7-16(24-3)8-5-14)13-21-19(23)22-15-6-9-17-18(12-15)26-11-10-25-17/h4-9,12H,10-11,13H2,1-3H3,(H2,21,22,23). The van der Waals surface area contributed by atoms with Gasteiger partial charge in [-0.1, -0.05) is 26.0 Å². The van der Waals surface area contributed by atoms with Crippen molar-refractivity contribution >= 4 is 11.7 Å². The highest BCUT2D eigenvalue weighted by molar-refractivity contribution is 5.89. The van der Waals surface area contributed by atoms with Crippen LogP contribution in [0.15, 0.2) is 42.5 Å². The molecule has 3 rings (SSSR count). The lowest BCUT2D eigenvalue weighted by atomic mass is 9.84. The van der Waals surface area contributed by atoms with E-state index in [1.54, 1.807) is 25.3 Å². The number of nitrogens with one attached hydrogen (secondary N) is 2. The Bertz CT molecular complexity index is 772. The molecule has 1 heterocycles. The molecule has 0 unspecified atom stereocenters. The van der Waals surface area contributed by atoms with Crippen LogP contribution in [0.5, 0.6) is 17.2 Å². The third kappa shape index (κ3) is 4.20. The third-order valence-corrected chi connectivity index (χ3v) is 4.36. The molecule has 0 saturated heterocycles. The number of methoxy groups -OCH3 is 1. The first-order valence-corrected chi connectivity index (χ1v) is 8.57. The van der Waals surface area contributed by atoms with E-state index in [0.717, 1.165) is 11.3 Å². The van der Waals surface area contributed by atoms with E-state index in [2.05, 4.69) is 24.5 Å². The zero-order chi connectivity index (χ0) is 18.6. The van der Waals surface area contributed by atoms with E-state index < -0.39 is 0 Å². The van der Waals surface area contributed by atoms with E-state index >= 15 is 0 Å². The fourth-order valence-electron chi connectivity index (χ4n) is 2.74. The first-order valence-electron chi connectivity index (χ1n) is 8.57. The number of carbonyl (C=O) groups excluding carboxylic acids is 1. The predicted octanol–water partition coefficient (Wildman–Crippen LogP) is 3.57. The number of hydrogen-bond acceptors (Lipinski definition) is 4. The molecule has 0 bridgehead atoms. The molecule has 0 saturated carbocycles. The van der Waals surface area contributed by atoms with Gasteiger partial charge in [0.1, 0.15) is 19.0 Å². The number of rotatable bonds is 5. The largest absolute Gasteiger partial charge is 0.497 e. The van der Waals surface area contributed by atoms with Crippen LogP contribution in [0.4, 0.5) is 10.5 Å². The van der Waals surface area contributed by atoms with Crippen molar-refractivity contribution in [3.8, 4) is 17.2 Å². The molecule has 2 aromatic rings. The lowest BCUT2D eigenvalue weighted by molar-refractivity contribution is 0.171. The number of ether oxygens (including phenoxy) is 3. The second kappa shape index (κ2) is 7.56. The third-order valence-electron chi connectivity index (χ3n) is 4.36. The SMILES string of the molecule is COc1ccc(C(C)(C)CNC(=O)Nc2ccc3c(c2)OCCO3)cc1. The fourth-order valence-corrected chi connectivity index (χ4v) is 2.74. The van der Waals surface area contributed by atoms with Crippen LogP contribution >= 0.6 is 0 Å². The zero-order valence-corrected chi connectivity index (χ0v) is 15.3. The smallest absolute Gasteiger partial charge is 0.319 e. The molecule has 0 aliphatic carbocycles. The summed E-state index contributed by atoms with van der Waals surface area (Å²) in [5.74, 6) is 2.16. The Morgan fingerprint density at radius 1 is 1.08 bits per heavy atom. The van der Waals surface area contributed by atoms with E-state index in [4.69, 9.17) is 14.2 Å². The van der Waals surface area contributed by atoms with Gasteiger partial charge in [-0.3, -0.25) is 0 Å². The molecule has 2 N–H and O–H groups in total. The van der Waals surface area contributed by atoms with Crippen molar-refractivity contribution in [3.05, 3.63) is 48.0 Å². The molecular weight excluding hydrogens is 332 g/mol. The minimum atomic E-state index is -0.261. The molecular formula is C20H24N2O4. The van der Waals surface area contributed by atoms with Crippen LogP contribution < -0.4 is 24.8 Å². The molecule has 0 spiro atoms. The van der Waals surface area contributed by atoms with Crippen molar-refractivity contribution in [3.63, 3.8) is 0 Å². The number of urea groups is 1. The van der Waals surface area contributed by atoms with Gasteiger partial charge < -0.3 is 24.8 Å². The number of amides is 2. The normalized spacial score (nSPS) is 13.0. The van der Waals surface area contributed by atoms with Crippen molar-refractivity contribution in [2.45, 2.75) is 19.3 Å². The highest BCUT2D eigenvalue weighted by Crippen LogP contribution is 2.32. The molecule has 6 nitrogen and oxygen atoms in total. The average molecular weight is 356 g/mol. The molecule has 138 valence electrons. The van der Waals surface area contributed by atoms with Crippen LogP contribution in [0.2, 0.25) is 0 Å². The summed E-state index contributed by atoms with van der Waals surface area (Å²) in [6.45, 7) is 5.72. The molecule has 0 radical (unpaired) electrons. The number of carbonyl (C=O) groups is 1. The van der Waals surface area contributed by atoms with Gasteiger partial charge in [-0.15, -0.1) is 0 Å². The van der Waals surface area contributed by atoms with Gasteiger partial charge in [-0.05, 0) is 29.8 Å². The van der Waals surface area contributed by atoms with Crippen molar-refractivity contribution in [1.29, 1.82) is 0 Å². The van der Waals surface area contributed by atoms with E-state index in [1.807, 2.05) is 24.3 Å². The lowest BCUT2D eigenvalue weighted by Gasteiger charge is -2.26. The molecule has 2 aromatic carbocycles. The Balaban J connectivity index is 1.57. The minimum Gasteiger partial charge on any atom is -0.497 e. The number of hydrogen-bond donors (Lipinski definition) is 2. The van der Waals surface area contributed by atoms with Gasteiger partial charge in [0, 0.05) is 23.7 Å². The molecule has 1 aliphatic heterocycles. The predicted molar refractivity (Wildman–Crippen MR) is 100 cm³/mol. The maximum absolute atomic E-state index is 12.2. The molecule has 0 fully saturated rings. The topological polar surface area (TPSA) is 68.8 Å². The molecule has 6 heteroatoms. The van der Waals surface area contributed by atoms with Gasteiger partial charge in [-0.2, -0.15) is 0 Å². The van der Waals surface area contributed by atoms with Crippen molar-refractivity contribution in [2.75, 3.05) is 32.2 Å². The van der Waals surface area contributed by atoms with Gasteiger partial charge in [0.2, 0.25) is 0 Å². The van der Waals surface area contributed by atoms with Crippen LogP contribution in [0.3, 0.4) is 0 Å². The zero-order valence-electron chi connectivity index (χ0n) is 15.3. The minimum absolute atomic E-state index is 0.212. The highest BCUT2D eigenvalue weighted by Gasteiger charge is 2.21. The monoisotopic (exact) mass is 356 g/mol. The first-order chi connectivity index (χ1) is 12.5. The van der Waals surface area contributed by atoms with E-state index in [0.29, 0.717) is 36.9 Å². The summed E-state index contributed by atoms with van der Waals surface area (Å²) >= 11 is 0. The van der Waals surface area contributed by atoms with Crippen molar-refractivity contribution < 1.29 is 19.0 Å². The quantitative estimate of drug-likeness (QED) is 0.859. The Morgan fingerprint density at radius 2 is 1.77 bits per heavy atom. The fraction of sp³-hybridized carbons (Fsp3) is 0.350. The number of anilines is 1. The van der Waals surface area contributed by atoms with Gasteiger partial charge in [0.15, 0.2) is 11.5 Å². The van der Waals surface area contributed by atoms with Crippen LogP contribution in [0, 0.1) is 0 Å². The highest BCUT2D eigenvalue weighted by atomic mass is 16.6. The van der Waals surface area contributed by atoms with Crippen molar-refractivity contribution in [2.24, 2.45) is 0 Å².